The molecule has 0 fully saturated rings. The van der Waals surface area contributed by atoms with E-state index in [9.17, 15) is 9.36 Å². The summed E-state index contributed by atoms with van der Waals surface area (Å²) < 4.78 is 24.9. The normalized spacial score (nSPS) is 18.7. The summed E-state index contributed by atoms with van der Waals surface area (Å²) in [7, 11) is -2.20. The van der Waals surface area contributed by atoms with Crippen LogP contribution in [0.3, 0.4) is 0 Å². The number of esters is 1. The minimum Gasteiger partial charge on any atom is -0.460 e. The predicted molar refractivity (Wildman–Crippen MR) is 129 cm³/mol. The fourth-order valence-corrected chi connectivity index (χ4v) is 10.0. The third-order valence-corrected chi connectivity index (χ3v) is 14.8. The van der Waals surface area contributed by atoms with Crippen LogP contribution in [-0.4, -0.2) is 49.5 Å². The number of halogens is 1. The fourth-order valence-electron chi connectivity index (χ4n) is 2.14. The summed E-state index contributed by atoms with van der Waals surface area (Å²) in [6.45, 7) is 21.7. The van der Waals surface area contributed by atoms with E-state index in [1.54, 1.807) is 12.7 Å². The van der Waals surface area contributed by atoms with E-state index in [4.69, 9.17) is 14.9 Å². The second kappa shape index (κ2) is 10.6. The van der Waals surface area contributed by atoms with Gasteiger partial charge in [-0.3, -0.25) is 4.79 Å². The molecule has 0 aromatic rings. The monoisotopic (exact) mass is 515 g/mol. The maximum absolute atomic E-state index is 13.1. The quantitative estimate of drug-likeness (QED) is 0.0982. The largest absolute Gasteiger partial charge is 0.460 e. The van der Waals surface area contributed by atoms with Crippen LogP contribution in [0.1, 0.15) is 41.5 Å². The van der Waals surface area contributed by atoms with E-state index in [-0.39, 0.29) is 5.04 Å². The molecule has 166 valence electrons. The van der Waals surface area contributed by atoms with Crippen molar-refractivity contribution >= 4 is 47.9 Å². The highest BCUT2D eigenvalue weighted by Crippen LogP contribution is 2.57. The van der Waals surface area contributed by atoms with Gasteiger partial charge in [0.1, 0.15) is 17.9 Å². The molecule has 0 radical (unpaired) electrons. The first kappa shape index (κ1) is 28.4. The van der Waals surface area contributed by atoms with E-state index in [2.05, 4.69) is 56.4 Å². The van der Waals surface area contributed by atoms with Crippen molar-refractivity contribution in [2.75, 3.05) is 18.2 Å². The SMILES string of the molecule is C=C[C@@H](O[Si](C)(C)C(C)(C)C)[C@@H](C(=O)OC(C)(C)C)C(N)SP(C)(=O)CCBr. The Balaban J connectivity index is 5.89. The van der Waals surface area contributed by atoms with Crippen molar-refractivity contribution in [1.29, 1.82) is 0 Å². The van der Waals surface area contributed by atoms with Gasteiger partial charge in [-0.2, -0.15) is 0 Å². The highest BCUT2D eigenvalue weighted by molar-refractivity contribution is 9.09. The first-order valence-corrected chi connectivity index (χ1v) is 17.3. The van der Waals surface area contributed by atoms with Crippen molar-refractivity contribution in [2.24, 2.45) is 11.7 Å². The Labute approximate surface area is 185 Å². The molecule has 0 saturated heterocycles. The van der Waals surface area contributed by atoms with Crippen LogP contribution in [0.25, 0.3) is 0 Å². The molecule has 0 aliphatic carbocycles. The summed E-state index contributed by atoms with van der Waals surface area (Å²) in [6, 6.07) is 0. The standard InChI is InChI=1S/C19H39BrNO4PSSi/c1-11-14(25-28(9,10)19(5,6)7)15(17(22)24-18(2,3)4)16(21)27-26(8,23)13-12-20/h11,14-16H,1,12-13,21H2,2-10H3/t14-,15-,16?,26?/m1/s1. The highest BCUT2D eigenvalue weighted by atomic mass is 79.9. The van der Waals surface area contributed by atoms with E-state index in [1.807, 2.05) is 20.8 Å². The van der Waals surface area contributed by atoms with Gasteiger partial charge >= 0.3 is 5.97 Å². The van der Waals surface area contributed by atoms with Crippen LogP contribution >= 0.6 is 33.7 Å². The van der Waals surface area contributed by atoms with Gasteiger partial charge in [0.05, 0.1) is 11.5 Å². The van der Waals surface area contributed by atoms with Crippen LogP contribution in [0.5, 0.6) is 0 Å². The second-order valence-corrected chi connectivity index (χ2v) is 21.4. The van der Waals surface area contributed by atoms with Crippen molar-refractivity contribution in [3.8, 4) is 0 Å². The van der Waals surface area contributed by atoms with E-state index >= 15 is 0 Å². The number of nitrogens with two attached hydrogens (primary N) is 1. The lowest BCUT2D eigenvalue weighted by molar-refractivity contribution is -0.162. The summed E-state index contributed by atoms with van der Waals surface area (Å²) in [4.78, 5) is 13.1. The summed E-state index contributed by atoms with van der Waals surface area (Å²) in [6.07, 6.45) is -1.06. The summed E-state index contributed by atoms with van der Waals surface area (Å²) >= 11 is 4.49. The third-order valence-electron chi connectivity index (χ3n) is 4.69. The Kier molecular flexibility index (Phi) is 10.8. The average molecular weight is 517 g/mol. The zero-order chi connectivity index (χ0) is 22.6. The molecule has 0 bridgehead atoms. The van der Waals surface area contributed by atoms with Gasteiger partial charge in [-0.1, -0.05) is 54.2 Å². The zero-order valence-electron chi connectivity index (χ0n) is 18.9. The number of hydrogen-bond acceptors (Lipinski definition) is 6. The number of ether oxygens (including phenoxy) is 1. The number of carbonyl (C=O) groups is 1. The molecule has 28 heavy (non-hydrogen) atoms. The molecule has 0 aromatic heterocycles. The Morgan fingerprint density at radius 3 is 2.14 bits per heavy atom. The molecule has 0 amide bonds. The molecule has 0 aliphatic heterocycles. The van der Waals surface area contributed by atoms with Crippen LogP contribution in [-0.2, 0) is 18.5 Å². The molecule has 0 aliphatic rings. The number of hydrogen-bond donors (Lipinski definition) is 1. The maximum atomic E-state index is 13.1. The highest BCUT2D eigenvalue weighted by Gasteiger charge is 2.45. The van der Waals surface area contributed by atoms with Crippen molar-refractivity contribution in [3.05, 3.63) is 12.7 Å². The predicted octanol–water partition coefficient (Wildman–Crippen LogP) is 5.84. The third kappa shape index (κ3) is 9.48. The van der Waals surface area contributed by atoms with Gasteiger partial charge in [0.25, 0.3) is 0 Å². The maximum Gasteiger partial charge on any atom is 0.314 e. The molecular weight excluding hydrogens is 477 g/mol. The van der Waals surface area contributed by atoms with Crippen molar-refractivity contribution in [3.63, 3.8) is 0 Å². The van der Waals surface area contributed by atoms with E-state index in [0.29, 0.717) is 11.5 Å². The Morgan fingerprint density at radius 1 is 1.29 bits per heavy atom. The van der Waals surface area contributed by atoms with Crippen molar-refractivity contribution < 1.29 is 18.5 Å². The molecule has 2 unspecified atom stereocenters. The van der Waals surface area contributed by atoms with Gasteiger partial charge in [-0.15, -0.1) is 6.58 Å². The minimum atomic E-state index is -2.57. The van der Waals surface area contributed by atoms with Gasteiger partial charge in [-0.25, -0.2) is 0 Å². The zero-order valence-corrected chi connectivity index (χ0v) is 23.2. The molecule has 9 heteroatoms. The van der Waals surface area contributed by atoms with Gasteiger partial charge in [0.2, 0.25) is 0 Å². The lowest BCUT2D eigenvalue weighted by Gasteiger charge is -2.41. The first-order chi connectivity index (χ1) is 12.4. The van der Waals surface area contributed by atoms with Gasteiger partial charge in [0.15, 0.2) is 8.32 Å². The summed E-state index contributed by atoms with van der Waals surface area (Å²) in [5.74, 6) is -1.24. The van der Waals surface area contributed by atoms with E-state index in [0.717, 1.165) is 11.4 Å². The second-order valence-electron chi connectivity index (χ2n) is 9.63. The summed E-state index contributed by atoms with van der Waals surface area (Å²) in [5.41, 5.74) is 5.76. The summed E-state index contributed by atoms with van der Waals surface area (Å²) in [5, 5.41) is -0.152. The molecule has 5 nitrogen and oxygen atoms in total. The van der Waals surface area contributed by atoms with Crippen LogP contribution < -0.4 is 5.73 Å². The molecule has 2 N–H and O–H groups in total. The lowest BCUT2D eigenvalue weighted by Crippen LogP contribution is -2.51. The molecule has 4 atom stereocenters. The molecule has 0 rings (SSSR count). The molecular formula is C19H39BrNO4PSSi. The van der Waals surface area contributed by atoms with Crippen LogP contribution in [0, 0.1) is 5.92 Å². The molecule has 0 spiro atoms. The number of alkyl halides is 1. The smallest absolute Gasteiger partial charge is 0.314 e. The molecule has 0 saturated carbocycles. The number of carbonyl (C=O) groups excluding carboxylic acids is 1. The van der Waals surface area contributed by atoms with Crippen molar-refractivity contribution in [2.45, 2.75) is 76.8 Å². The topological polar surface area (TPSA) is 78.6 Å². The Bertz CT molecular complexity index is 589. The lowest BCUT2D eigenvalue weighted by atomic mass is 10.0. The van der Waals surface area contributed by atoms with E-state index < -0.39 is 43.6 Å². The van der Waals surface area contributed by atoms with E-state index in [1.165, 1.54) is 0 Å². The van der Waals surface area contributed by atoms with Gasteiger partial charge in [-0.05, 0) is 45.6 Å². The minimum absolute atomic E-state index is 0.0417. The molecule has 0 aromatic carbocycles. The van der Waals surface area contributed by atoms with Gasteiger partial charge in [0, 0.05) is 11.5 Å². The molecule has 0 heterocycles. The Hall–Kier alpha value is 0.407. The average Bonchev–Trinajstić information content (AvgIpc) is 2.42. The number of rotatable bonds is 10. The Morgan fingerprint density at radius 2 is 1.79 bits per heavy atom. The van der Waals surface area contributed by atoms with Crippen LogP contribution in [0.2, 0.25) is 18.1 Å². The van der Waals surface area contributed by atoms with Gasteiger partial charge < -0.3 is 19.5 Å². The first-order valence-electron chi connectivity index (χ1n) is 9.46. The van der Waals surface area contributed by atoms with Crippen LogP contribution in [0.4, 0.5) is 0 Å². The van der Waals surface area contributed by atoms with Crippen LogP contribution in [0.15, 0.2) is 12.7 Å². The fraction of sp³-hybridized carbons (Fsp3) is 0.842. The van der Waals surface area contributed by atoms with Crippen molar-refractivity contribution in [1.82, 2.24) is 0 Å².